The Kier molecular flexibility index (Phi) is 4.93. The van der Waals surface area contributed by atoms with Gasteiger partial charge in [0.25, 0.3) is 10.0 Å². The molecule has 0 fully saturated rings. The molecule has 0 radical (unpaired) electrons. The van der Waals surface area contributed by atoms with Crippen molar-refractivity contribution in [3.8, 4) is 0 Å². The highest BCUT2D eigenvalue weighted by atomic mass is 127. The summed E-state index contributed by atoms with van der Waals surface area (Å²) in [7, 11) is -3.75. The van der Waals surface area contributed by atoms with E-state index >= 15 is 0 Å². The lowest BCUT2D eigenvalue weighted by molar-refractivity contribution is 0.601. The van der Waals surface area contributed by atoms with E-state index in [2.05, 4.69) is 20.7 Å². The molecular weight excluding hydrogens is 483 g/mol. The molecule has 1 N–H and O–H groups in total. The van der Waals surface area contributed by atoms with Gasteiger partial charge in [0.05, 0.1) is 15.6 Å². The normalized spacial score (nSPS) is 11.4. The van der Waals surface area contributed by atoms with Crippen molar-refractivity contribution in [2.75, 3.05) is 4.72 Å². The van der Waals surface area contributed by atoms with Crippen LogP contribution in [0.15, 0.2) is 45.8 Å². The van der Waals surface area contributed by atoms with Gasteiger partial charge in [0, 0.05) is 8.04 Å². The fourth-order valence-electron chi connectivity index (χ4n) is 1.42. The second kappa shape index (κ2) is 6.17. The predicted molar refractivity (Wildman–Crippen MR) is 89.1 cm³/mol. The van der Waals surface area contributed by atoms with E-state index in [1.165, 1.54) is 36.4 Å². The molecule has 0 aliphatic rings. The smallest absolute Gasteiger partial charge is 0.261 e. The number of rotatable bonds is 3. The largest absolute Gasteiger partial charge is 0.279 e. The molecule has 2 aromatic carbocycles. The molecule has 2 rings (SSSR count). The Labute approximate surface area is 142 Å². The first-order valence-electron chi connectivity index (χ1n) is 5.22. The van der Waals surface area contributed by atoms with E-state index in [9.17, 15) is 12.8 Å². The first kappa shape index (κ1) is 16.0. The molecule has 0 aliphatic heterocycles. The predicted octanol–water partition coefficient (Wildman–Crippen LogP) is 4.65. The molecule has 0 saturated heterocycles. The van der Waals surface area contributed by atoms with E-state index < -0.39 is 15.8 Å². The summed E-state index contributed by atoms with van der Waals surface area (Å²) in [4.78, 5) is 0.0638. The molecular formula is C12H7BrClFINO2S. The Morgan fingerprint density at radius 1 is 1.20 bits per heavy atom. The second-order valence-electron chi connectivity index (χ2n) is 3.81. The van der Waals surface area contributed by atoms with Gasteiger partial charge in [-0.25, -0.2) is 12.8 Å². The van der Waals surface area contributed by atoms with Gasteiger partial charge in [-0.3, -0.25) is 4.72 Å². The van der Waals surface area contributed by atoms with Crippen LogP contribution in [0.3, 0.4) is 0 Å². The van der Waals surface area contributed by atoms with Crippen LogP contribution in [0.4, 0.5) is 10.1 Å². The Hall–Kier alpha value is -0.380. The van der Waals surface area contributed by atoms with Gasteiger partial charge in [-0.2, -0.15) is 0 Å². The van der Waals surface area contributed by atoms with Crippen LogP contribution in [0.1, 0.15) is 0 Å². The van der Waals surface area contributed by atoms with Gasteiger partial charge in [-0.15, -0.1) is 0 Å². The maximum absolute atomic E-state index is 13.0. The van der Waals surface area contributed by atoms with Crippen molar-refractivity contribution < 1.29 is 12.8 Å². The van der Waals surface area contributed by atoms with Crippen molar-refractivity contribution in [1.82, 2.24) is 0 Å². The summed E-state index contributed by atoms with van der Waals surface area (Å²) in [5.74, 6) is -0.424. The number of benzene rings is 2. The average molecular weight is 491 g/mol. The summed E-state index contributed by atoms with van der Waals surface area (Å²) in [5.41, 5.74) is 0.318. The number of hydrogen-bond acceptors (Lipinski definition) is 2. The van der Waals surface area contributed by atoms with Crippen LogP contribution in [-0.4, -0.2) is 8.42 Å². The number of hydrogen-bond donors (Lipinski definition) is 1. The van der Waals surface area contributed by atoms with Crippen molar-refractivity contribution in [3.63, 3.8) is 0 Å². The van der Waals surface area contributed by atoms with Gasteiger partial charge in [0.15, 0.2) is 0 Å². The fraction of sp³-hybridized carbons (Fsp3) is 0. The molecule has 0 unspecified atom stereocenters. The zero-order valence-corrected chi connectivity index (χ0v) is 15.0. The van der Waals surface area contributed by atoms with Gasteiger partial charge in [-0.05, 0) is 74.9 Å². The lowest BCUT2D eigenvalue weighted by atomic mass is 10.3. The lowest BCUT2D eigenvalue weighted by Gasteiger charge is -2.10. The molecule has 0 amide bonds. The van der Waals surface area contributed by atoms with E-state index in [1.54, 1.807) is 0 Å². The number of nitrogens with one attached hydrogen (secondary N) is 1. The van der Waals surface area contributed by atoms with Gasteiger partial charge in [0.2, 0.25) is 0 Å². The van der Waals surface area contributed by atoms with Gasteiger partial charge in [-0.1, -0.05) is 11.6 Å². The third-order valence-electron chi connectivity index (χ3n) is 2.38. The van der Waals surface area contributed by atoms with Gasteiger partial charge in [0.1, 0.15) is 5.82 Å². The summed E-state index contributed by atoms with van der Waals surface area (Å²) < 4.78 is 40.8. The Morgan fingerprint density at radius 2 is 1.90 bits per heavy atom. The van der Waals surface area contributed by atoms with Crippen LogP contribution < -0.4 is 4.72 Å². The molecule has 106 valence electrons. The second-order valence-corrected chi connectivity index (χ2v) is 7.91. The van der Waals surface area contributed by atoms with Crippen LogP contribution in [0, 0.1) is 9.39 Å². The molecule has 20 heavy (non-hydrogen) atoms. The minimum absolute atomic E-state index is 0.0638. The zero-order valence-electron chi connectivity index (χ0n) is 9.70. The number of halogens is 4. The molecule has 0 aliphatic carbocycles. The summed E-state index contributed by atoms with van der Waals surface area (Å²) in [6.07, 6.45) is 0. The van der Waals surface area contributed by atoms with Crippen molar-refractivity contribution in [2.24, 2.45) is 0 Å². The summed E-state index contributed by atoms with van der Waals surface area (Å²) in [6.45, 7) is 0. The summed E-state index contributed by atoms with van der Waals surface area (Å²) >= 11 is 10.9. The van der Waals surface area contributed by atoms with Crippen LogP contribution in [-0.2, 0) is 10.0 Å². The van der Waals surface area contributed by atoms with E-state index in [0.717, 1.165) is 0 Å². The first-order chi connectivity index (χ1) is 9.29. The molecule has 3 nitrogen and oxygen atoms in total. The van der Waals surface area contributed by atoms with E-state index in [-0.39, 0.29) is 4.90 Å². The minimum Gasteiger partial charge on any atom is -0.279 e. The lowest BCUT2D eigenvalue weighted by Crippen LogP contribution is -2.13. The molecule has 0 spiro atoms. The molecule has 0 saturated carbocycles. The molecule has 2 aromatic rings. The van der Waals surface area contributed by atoms with Crippen LogP contribution >= 0.6 is 50.1 Å². The molecule has 8 heteroatoms. The third kappa shape index (κ3) is 3.63. The van der Waals surface area contributed by atoms with Crippen molar-refractivity contribution in [2.45, 2.75) is 4.90 Å². The van der Waals surface area contributed by atoms with Crippen LogP contribution in [0.25, 0.3) is 0 Å². The van der Waals surface area contributed by atoms with Crippen LogP contribution in [0.2, 0.25) is 5.02 Å². The SMILES string of the molecule is O=S(=O)(Nc1ccc(F)cc1I)c1ccc(Cl)c(Br)c1. The fourth-order valence-corrected chi connectivity index (χ4v) is 3.97. The summed E-state index contributed by atoms with van der Waals surface area (Å²) in [5, 5.41) is 0.417. The highest BCUT2D eigenvalue weighted by molar-refractivity contribution is 14.1. The van der Waals surface area contributed by atoms with Crippen molar-refractivity contribution in [1.29, 1.82) is 0 Å². The average Bonchev–Trinajstić information content (AvgIpc) is 2.36. The molecule has 0 atom stereocenters. The van der Waals surface area contributed by atoms with E-state index in [0.29, 0.717) is 18.8 Å². The zero-order chi connectivity index (χ0) is 14.9. The van der Waals surface area contributed by atoms with Crippen molar-refractivity contribution >= 4 is 65.8 Å². The standard InChI is InChI=1S/C12H7BrClFINO2S/c13-9-6-8(2-3-10(9)14)20(18,19)17-12-4-1-7(15)5-11(12)16/h1-6,17H. The van der Waals surface area contributed by atoms with E-state index in [1.807, 2.05) is 22.6 Å². The minimum atomic E-state index is -3.75. The highest BCUT2D eigenvalue weighted by Gasteiger charge is 2.17. The quantitative estimate of drug-likeness (QED) is 0.637. The Bertz CT molecular complexity index is 770. The number of sulfonamides is 1. The Balaban J connectivity index is 2.38. The monoisotopic (exact) mass is 489 g/mol. The first-order valence-corrected chi connectivity index (χ1v) is 8.96. The molecule has 0 heterocycles. The maximum Gasteiger partial charge on any atom is 0.261 e. The third-order valence-corrected chi connectivity index (χ3v) is 5.85. The molecule has 0 bridgehead atoms. The maximum atomic E-state index is 13.0. The van der Waals surface area contributed by atoms with E-state index in [4.69, 9.17) is 11.6 Å². The molecule has 0 aromatic heterocycles. The number of anilines is 1. The van der Waals surface area contributed by atoms with Gasteiger partial charge < -0.3 is 0 Å². The van der Waals surface area contributed by atoms with Gasteiger partial charge >= 0.3 is 0 Å². The van der Waals surface area contributed by atoms with Crippen LogP contribution in [0.5, 0.6) is 0 Å². The van der Waals surface area contributed by atoms with Crippen molar-refractivity contribution in [3.05, 3.63) is 55.3 Å². The highest BCUT2D eigenvalue weighted by Crippen LogP contribution is 2.27. The topological polar surface area (TPSA) is 46.2 Å². The summed E-state index contributed by atoms with van der Waals surface area (Å²) in [6, 6.07) is 8.09. The Morgan fingerprint density at radius 3 is 2.50 bits per heavy atom.